The predicted molar refractivity (Wildman–Crippen MR) is 80.2 cm³/mol. The maximum absolute atomic E-state index is 11.9. The highest BCUT2D eigenvalue weighted by Gasteiger charge is 2.25. The summed E-state index contributed by atoms with van der Waals surface area (Å²) in [5.41, 5.74) is 5.97. The van der Waals surface area contributed by atoms with Crippen LogP contribution in [0.5, 0.6) is 0 Å². The van der Waals surface area contributed by atoms with Crippen molar-refractivity contribution in [2.24, 2.45) is 11.7 Å². The summed E-state index contributed by atoms with van der Waals surface area (Å²) in [6, 6.07) is 3.89. The first-order valence-corrected chi connectivity index (χ1v) is 8.65. The second-order valence-corrected chi connectivity index (χ2v) is 7.33. The van der Waals surface area contributed by atoms with E-state index in [2.05, 4.69) is 0 Å². The van der Waals surface area contributed by atoms with Gasteiger partial charge in [-0.25, -0.2) is 8.42 Å². The normalized spacial score (nSPS) is 17.0. The molecule has 7 nitrogen and oxygen atoms in total. The van der Waals surface area contributed by atoms with Gasteiger partial charge in [-0.15, -0.1) is 0 Å². The highest BCUT2D eigenvalue weighted by Crippen LogP contribution is 2.32. The largest absolute Gasteiger partial charge is 0.370 e. The molecule has 0 unspecified atom stereocenters. The number of nitro benzene ring substituents is 1. The lowest BCUT2D eigenvalue weighted by molar-refractivity contribution is -0.384. The number of hydrogen-bond donors (Lipinski definition) is 1. The van der Waals surface area contributed by atoms with Crippen molar-refractivity contribution in [1.82, 2.24) is 0 Å². The summed E-state index contributed by atoms with van der Waals surface area (Å²) >= 11 is 0. The van der Waals surface area contributed by atoms with Crippen LogP contribution in [0.2, 0.25) is 0 Å². The van der Waals surface area contributed by atoms with Gasteiger partial charge in [-0.3, -0.25) is 10.1 Å². The molecule has 0 atom stereocenters. The molecule has 1 heterocycles. The zero-order valence-electron chi connectivity index (χ0n) is 11.9. The van der Waals surface area contributed by atoms with Crippen molar-refractivity contribution >= 4 is 21.2 Å². The molecule has 2 rings (SSSR count). The second kappa shape index (κ2) is 5.98. The molecule has 1 aromatic rings. The van der Waals surface area contributed by atoms with E-state index in [1.807, 2.05) is 4.90 Å². The number of piperidine rings is 1. The van der Waals surface area contributed by atoms with Crippen LogP contribution in [0.25, 0.3) is 0 Å². The zero-order chi connectivity index (χ0) is 15.6. The minimum atomic E-state index is -3.43. The summed E-state index contributed by atoms with van der Waals surface area (Å²) in [6.45, 7) is 1.93. The van der Waals surface area contributed by atoms with Crippen molar-refractivity contribution in [1.29, 1.82) is 0 Å². The van der Waals surface area contributed by atoms with Gasteiger partial charge in [-0.2, -0.15) is 0 Å². The Morgan fingerprint density at radius 3 is 2.48 bits per heavy atom. The highest BCUT2D eigenvalue weighted by molar-refractivity contribution is 7.90. The Labute approximate surface area is 123 Å². The molecular formula is C13H19N3O4S. The molecule has 0 saturated carbocycles. The topological polar surface area (TPSA) is 107 Å². The molecule has 0 aliphatic carbocycles. The molecule has 2 N–H and O–H groups in total. The van der Waals surface area contributed by atoms with Gasteiger partial charge in [0.05, 0.1) is 15.5 Å². The van der Waals surface area contributed by atoms with Crippen LogP contribution in [-0.2, 0) is 9.84 Å². The standard InChI is InChI=1S/C13H19N3O4S/c1-21(19,20)13-3-2-11(16(17)18)8-12(13)15-6-4-10(9-14)5-7-15/h2-3,8,10H,4-7,9,14H2,1H3. The van der Waals surface area contributed by atoms with E-state index >= 15 is 0 Å². The lowest BCUT2D eigenvalue weighted by atomic mass is 9.97. The fraction of sp³-hybridized carbons (Fsp3) is 0.538. The second-order valence-electron chi connectivity index (χ2n) is 5.35. The summed E-state index contributed by atoms with van der Waals surface area (Å²) in [4.78, 5) is 12.4. The SMILES string of the molecule is CS(=O)(=O)c1ccc([N+](=O)[O-])cc1N1CCC(CN)CC1. The van der Waals surface area contributed by atoms with Crippen LogP contribution >= 0.6 is 0 Å². The highest BCUT2D eigenvalue weighted by atomic mass is 32.2. The van der Waals surface area contributed by atoms with Gasteiger partial charge < -0.3 is 10.6 Å². The Bertz CT molecular complexity index is 637. The number of rotatable bonds is 4. The number of anilines is 1. The third-order valence-electron chi connectivity index (χ3n) is 3.84. The number of nitro groups is 1. The summed E-state index contributed by atoms with van der Waals surface area (Å²) in [6.07, 6.45) is 2.84. The summed E-state index contributed by atoms with van der Waals surface area (Å²) in [7, 11) is -3.43. The van der Waals surface area contributed by atoms with Crippen molar-refractivity contribution < 1.29 is 13.3 Å². The molecule has 8 heteroatoms. The predicted octanol–water partition coefficient (Wildman–Crippen LogP) is 1.17. The molecule has 0 spiro atoms. The maximum atomic E-state index is 11.9. The van der Waals surface area contributed by atoms with Gasteiger partial charge in [0.2, 0.25) is 0 Å². The molecule has 0 aromatic heterocycles. The Balaban J connectivity index is 2.40. The zero-order valence-corrected chi connectivity index (χ0v) is 12.7. The summed E-state index contributed by atoms with van der Waals surface area (Å²) in [5.74, 6) is 0.432. The van der Waals surface area contributed by atoms with Gasteiger partial charge >= 0.3 is 0 Å². The van der Waals surface area contributed by atoms with Crippen LogP contribution in [0.4, 0.5) is 11.4 Å². The minimum Gasteiger partial charge on any atom is -0.370 e. The number of benzene rings is 1. The van der Waals surface area contributed by atoms with Crippen LogP contribution in [0.3, 0.4) is 0 Å². The third-order valence-corrected chi connectivity index (χ3v) is 4.99. The van der Waals surface area contributed by atoms with Gasteiger partial charge in [-0.1, -0.05) is 0 Å². The van der Waals surface area contributed by atoms with Gasteiger partial charge in [-0.05, 0) is 31.4 Å². The van der Waals surface area contributed by atoms with E-state index in [1.54, 1.807) is 0 Å². The fourth-order valence-corrected chi connectivity index (χ4v) is 3.47. The van der Waals surface area contributed by atoms with E-state index in [1.165, 1.54) is 18.2 Å². The molecule has 0 amide bonds. The maximum Gasteiger partial charge on any atom is 0.271 e. The van der Waals surface area contributed by atoms with Crippen LogP contribution in [-0.4, -0.2) is 39.2 Å². The molecule has 1 aliphatic heterocycles. The van der Waals surface area contributed by atoms with Crippen LogP contribution in [0.15, 0.2) is 23.1 Å². The number of non-ortho nitro benzene ring substituents is 1. The van der Waals surface area contributed by atoms with Crippen LogP contribution in [0.1, 0.15) is 12.8 Å². The Kier molecular flexibility index (Phi) is 4.48. The number of nitrogens with zero attached hydrogens (tertiary/aromatic N) is 2. The van der Waals surface area contributed by atoms with E-state index in [0.29, 0.717) is 31.2 Å². The van der Waals surface area contributed by atoms with E-state index in [9.17, 15) is 18.5 Å². The average molecular weight is 313 g/mol. The van der Waals surface area contributed by atoms with E-state index in [-0.39, 0.29) is 10.6 Å². The molecular weight excluding hydrogens is 294 g/mol. The third kappa shape index (κ3) is 3.51. The fourth-order valence-electron chi connectivity index (χ4n) is 2.59. The Morgan fingerprint density at radius 2 is 2.00 bits per heavy atom. The molecule has 1 fully saturated rings. The van der Waals surface area contributed by atoms with Crippen molar-refractivity contribution in [3.8, 4) is 0 Å². The van der Waals surface area contributed by atoms with E-state index < -0.39 is 14.8 Å². The van der Waals surface area contributed by atoms with Gasteiger partial charge in [0, 0.05) is 31.5 Å². The van der Waals surface area contributed by atoms with Crippen molar-refractivity contribution in [2.45, 2.75) is 17.7 Å². The lowest BCUT2D eigenvalue weighted by Gasteiger charge is -2.33. The van der Waals surface area contributed by atoms with E-state index in [0.717, 1.165) is 19.1 Å². The summed E-state index contributed by atoms with van der Waals surface area (Å²) < 4.78 is 23.8. The van der Waals surface area contributed by atoms with Crippen molar-refractivity contribution in [3.63, 3.8) is 0 Å². The quantitative estimate of drug-likeness (QED) is 0.660. The number of hydrogen-bond acceptors (Lipinski definition) is 6. The number of sulfone groups is 1. The molecule has 1 saturated heterocycles. The van der Waals surface area contributed by atoms with E-state index in [4.69, 9.17) is 5.73 Å². The Hall–Kier alpha value is -1.67. The van der Waals surface area contributed by atoms with Crippen molar-refractivity contribution in [2.75, 3.05) is 30.8 Å². The first-order chi connectivity index (χ1) is 9.82. The summed E-state index contributed by atoms with van der Waals surface area (Å²) in [5, 5.41) is 10.9. The van der Waals surface area contributed by atoms with Gasteiger partial charge in [0.25, 0.3) is 5.69 Å². The average Bonchev–Trinajstić information content (AvgIpc) is 2.45. The smallest absolute Gasteiger partial charge is 0.271 e. The molecule has 116 valence electrons. The van der Waals surface area contributed by atoms with Crippen LogP contribution in [0, 0.1) is 16.0 Å². The molecule has 1 aromatic carbocycles. The molecule has 1 aliphatic rings. The van der Waals surface area contributed by atoms with Gasteiger partial charge in [0.15, 0.2) is 9.84 Å². The monoisotopic (exact) mass is 313 g/mol. The Morgan fingerprint density at radius 1 is 1.38 bits per heavy atom. The van der Waals surface area contributed by atoms with Crippen molar-refractivity contribution in [3.05, 3.63) is 28.3 Å². The first-order valence-electron chi connectivity index (χ1n) is 6.76. The molecule has 0 bridgehead atoms. The molecule has 0 radical (unpaired) electrons. The van der Waals surface area contributed by atoms with Gasteiger partial charge in [0.1, 0.15) is 0 Å². The number of nitrogens with two attached hydrogens (primary N) is 1. The minimum absolute atomic E-state index is 0.0988. The molecule has 21 heavy (non-hydrogen) atoms. The van der Waals surface area contributed by atoms with Crippen LogP contribution < -0.4 is 10.6 Å². The lowest BCUT2D eigenvalue weighted by Crippen LogP contribution is -2.36. The first kappa shape index (κ1) is 15.7.